The van der Waals surface area contributed by atoms with Crippen LogP contribution < -0.4 is 10.6 Å². The smallest absolute Gasteiger partial charge is 0.371 e. The number of amides is 2. The molecule has 2 amide bonds. The minimum atomic E-state index is -1.13. The summed E-state index contributed by atoms with van der Waals surface area (Å²) in [7, 11) is 0. The zero-order valence-corrected chi connectivity index (χ0v) is 10.8. The lowest BCUT2D eigenvalue weighted by Gasteiger charge is -2.06. The van der Waals surface area contributed by atoms with Gasteiger partial charge in [0.2, 0.25) is 5.76 Å². The van der Waals surface area contributed by atoms with Gasteiger partial charge in [0.05, 0.1) is 6.54 Å². The molecule has 0 atom stereocenters. The molecule has 1 rings (SSSR count). The van der Waals surface area contributed by atoms with E-state index in [9.17, 15) is 9.59 Å². The molecule has 0 aliphatic rings. The lowest BCUT2D eigenvalue weighted by molar-refractivity contribution is 0.0660. The van der Waals surface area contributed by atoms with E-state index >= 15 is 0 Å². The van der Waals surface area contributed by atoms with Crippen molar-refractivity contribution in [2.75, 3.05) is 19.8 Å². The van der Waals surface area contributed by atoms with Crippen LogP contribution in [0.4, 0.5) is 4.79 Å². The number of hydrogen-bond acceptors (Lipinski definition) is 4. The van der Waals surface area contributed by atoms with Crippen LogP contribution in [-0.4, -0.2) is 36.9 Å². The molecule has 0 aromatic carbocycles. The Morgan fingerprint density at radius 2 is 2.16 bits per heavy atom. The molecular weight excluding hydrogens is 252 g/mol. The van der Waals surface area contributed by atoms with E-state index in [1.54, 1.807) is 0 Å². The summed E-state index contributed by atoms with van der Waals surface area (Å²) in [6, 6.07) is 2.53. The molecule has 0 aliphatic heterocycles. The van der Waals surface area contributed by atoms with Gasteiger partial charge in [-0.2, -0.15) is 0 Å². The second-order valence-electron chi connectivity index (χ2n) is 3.73. The molecule has 0 bridgehead atoms. The Bertz CT molecular complexity index is 416. The van der Waals surface area contributed by atoms with Crippen LogP contribution >= 0.6 is 0 Å². The van der Waals surface area contributed by atoms with Crippen molar-refractivity contribution >= 4 is 12.0 Å². The summed E-state index contributed by atoms with van der Waals surface area (Å²) in [5.41, 5.74) is 0. The molecule has 7 heteroatoms. The fourth-order valence-electron chi connectivity index (χ4n) is 1.34. The summed E-state index contributed by atoms with van der Waals surface area (Å²) in [6.07, 6.45) is 0.741. The molecule has 0 aliphatic carbocycles. The predicted octanol–water partition coefficient (Wildman–Crippen LogP) is 1.20. The third-order valence-electron chi connectivity index (χ3n) is 2.25. The maximum absolute atomic E-state index is 11.4. The molecule has 106 valence electrons. The minimum Gasteiger partial charge on any atom is -0.475 e. The van der Waals surface area contributed by atoms with Gasteiger partial charge in [-0.05, 0) is 25.5 Å². The highest BCUT2D eigenvalue weighted by atomic mass is 16.5. The van der Waals surface area contributed by atoms with Crippen molar-refractivity contribution < 1.29 is 23.8 Å². The zero-order chi connectivity index (χ0) is 14.1. The van der Waals surface area contributed by atoms with Gasteiger partial charge in [-0.15, -0.1) is 0 Å². The van der Waals surface area contributed by atoms with Crippen molar-refractivity contribution in [1.82, 2.24) is 10.6 Å². The SMILES string of the molecule is CCOCCCNC(=O)NCc1ccc(C(=O)O)o1. The summed E-state index contributed by atoms with van der Waals surface area (Å²) in [5, 5.41) is 13.9. The Hall–Kier alpha value is -2.02. The van der Waals surface area contributed by atoms with Gasteiger partial charge in [0, 0.05) is 19.8 Å². The lowest BCUT2D eigenvalue weighted by Crippen LogP contribution is -2.35. The molecule has 0 spiro atoms. The molecule has 1 aromatic rings. The molecule has 0 unspecified atom stereocenters. The number of carbonyl (C=O) groups excluding carboxylic acids is 1. The molecular formula is C12H18N2O5. The summed E-state index contributed by atoms with van der Waals surface area (Å²) < 4.78 is 10.1. The molecule has 0 saturated carbocycles. The second kappa shape index (κ2) is 8.15. The number of ether oxygens (including phenoxy) is 1. The van der Waals surface area contributed by atoms with Gasteiger partial charge in [-0.25, -0.2) is 9.59 Å². The molecule has 0 radical (unpaired) electrons. The van der Waals surface area contributed by atoms with E-state index in [0.717, 1.165) is 6.42 Å². The van der Waals surface area contributed by atoms with E-state index in [1.807, 2.05) is 6.92 Å². The Morgan fingerprint density at radius 3 is 2.79 bits per heavy atom. The predicted molar refractivity (Wildman–Crippen MR) is 67.0 cm³/mol. The van der Waals surface area contributed by atoms with Crippen molar-refractivity contribution in [3.63, 3.8) is 0 Å². The summed E-state index contributed by atoms with van der Waals surface area (Å²) in [4.78, 5) is 21.9. The largest absolute Gasteiger partial charge is 0.475 e. The molecule has 1 heterocycles. The van der Waals surface area contributed by atoms with Crippen molar-refractivity contribution in [2.24, 2.45) is 0 Å². The number of carboxylic acid groups (broad SMARTS) is 1. The van der Waals surface area contributed by atoms with Gasteiger partial charge in [0.25, 0.3) is 0 Å². The number of hydrogen-bond donors (Lipinski definition) is 3. The number of carboxylic acids is 1. The summed E-state index contributed by atoms with van der Waals surface area (Å²) >= 11 is 0. The minimum absolute atomic E-state index is 0.143. The average Bonchev–Trinajstić information content (AvgIpc) is 2.85. The Kier molecular flexibility index (Phi) is 6.45. The van der Waals surface area contributed by atoms with Gasteiger partial charge in [-0.3, -0.25) is 0 Å². The van der Waals surface area contributed by atoms with Crippen LogP contribution in [0.25, 0.3) is 0 Å². The van der Waals surface area contributed by atoms with Crippen LogP contribution in [0.5, 0.6) is 0 Å². The normalized spacial score (nSPS) is 10.2. The van der Waals surface area contributed by atoms with E-state index < -0.39 is 5.97 Å². The van der Waals surface area contributed by atoms with Crippen molar-refractivity contribution in [2.45, 2.75) is 19.9 Å². The standard InChI is InChI=1S/C12H18N2O5/c1-2-18-7-3-6-13-12(17)14-8-9-4-5-10(19-9)11(15)16/h4-5H,2-3,6-8H2,1H3,(H,15,16)(H2,13,14,17). The number of urea groups is 1. The second-order valence-corrected chi connectivity index (χ2v) is 3.73. The first-order valence-electron chi connectivity index (χ1n) is 6.05. The van der Waals surface area contributed by atoms with Crippen LogP contribution in [0.15, 0.2) is 16.5 Å². The van der Waals surface area contributed by atoms with Gasteiger partial charge >= 0.3 is 12.0 Å². The molecule has 3 N–H and O–H groups in total. The van der Waals surface area contributed by atoms with Crippen LogP contribution in [0.1, 0.15) is 29.7 Å². The summed E-state index contributed by atoms with van der Waals surface area (Å²) in [6.45, 7) is 3.84. The summed E-state index contributed by atoms with van der Waals surface area (Å²) in [5.74, 6) is -0.887. The lowest BCUT2D eigenvalue weighted by atomic mass is 10.4. The fraction of sp³-hybridized carbons (Fsp3) is 0.500. The van der Waals surface area contributed by atoms with Crippen molar-refractivity contribution in [3.8, 4) is 0 Å². The van der Waals surface area contributed by atoms with Gasteiger partial charge in [-0.1, -0.05) is 0 Å². The monoisotopic (exact) mass is 270 g/mol. The maximum Gasteiger partial charge on any atom is 0.371 e. The topological polar surface area (TPSA) is 101 Å². The highest BCUT2D eigenvalue weighted by molar-refractivity contribution is 5.84. The number of nitrogens with one attached hydrogen (secondary N) is 2. The van der Waals surface area contributed by atoms with Crippen LogP contribution in [0.3, 0.4) is 0 Å². The van der Waals surface area contributed by atoms with E-state index in [2.05, 4.69) is 10.6 Å². The molecule has 7 nitrogen and oxygen atoms in total. The zero-order valence-electron chi connectivity index (χ0n) is 10.8. The van der Waals surface area contributed by atoms with Crippen LogP contribution in [0.2, 0.25) is 0 Å². The van der Waals surface area contributed by atoms with Crippen molar-refractivity contribution in [1.29, 1.82) is 0 Å². The average molecular weight is 270 g/mol. The highest BCUT2D eigenvalue weighted by Crippen LogP contribution is 2.07. The molecule has 1 aromatic heterocycles. The molecule has 0 saturated heterocycles. The van der Waals surface area contributed by atoms with Crippen LogP contribution in [-0.2, 0) is 11.3 Å². The molecule has 0 fully saturated rings. The Morgan fingerprint density at radius 1 is 1.37 bits per heavy atom. The number of rotatable bonds is 8. The number of aromatic carboxylic acids is 1. The van der Waals surface area contributed by atoms with Gasteiger partial charge in [0.15, 0.2) is 0 Å². The first-order chi connectivity index (χ1) is 9.13. The highest BCUT2D eigenvalue weighted by Gasteiger charge is 2.09. The molecule has 19 heavy (non-hydrogen) atoms. The Labute approximate surface area is 110 Å². The number of carbonyl (C=O) groups is 2. The van der Waals surface area contributed by atoms with Gasteiger partial charge < -0.3 is 24.9 Å². The third kappa shape index (κ3) is 5.91. The van der Waals surface area contributed by atoms with Crippen LogP contribution in [0, 0.1) is 0 Å². The third-order valence-corrected chi connectivity index (χ3v) is 2.25. The maximum atomic E-state index is 11.4. The van der Waals surface area contributed by atoms with E-state index in [0.29, 0.717) is 25.5 Å². The van der Waals surface area contributed by atoms with Crippen molar-refractivity contribution in [3.05, 3.63) is 23.7 Å². The van der Waals surface area contributed by atoms with Gasteiger partial charge in [0.1, 0.15) is 5.76 Å². The number of furan rings is 1. The quantitative estimate of drug-likeness (QED) is 0.616. The van der Waals surface area contributed by atoms with E-state index in [-0.39, 0.29) is 18.3 Å². The van der Waals surface area contributed by atoms with E-state index in [1.165, 1.54) is 12.1 Å². The fourth-order valence-corrected chi connectivity index (χ4v) is 1.34. The first kappa shape index (κ1) is 15.0. The Balaban J connectivity index is 2.17. The first-order valence-corrected chi connectivity index (χ1v) is 6.05. The van der Waals surface area contributed by atoms with E-state index in [4.69, 9.17) is 14.3 Å².